The molecule has 0 spiro atoms. The van der Waals surface area contributed by atoms with Crippen LogP contribution in [-0.2, 0) is 10.2 Å². The topological polar surface area (TPSA) is 117 Å². The van der Waals surface area contributed by atoms with Gasteiger partial charge in [-0.25, -0.2) is 13.6 Å². The summed E-state index contributed by atoms with van der Waals surface area (Å²) in [5.41, 5.74) is 3.63. The first kappa shape index (κ1) is 30.3. The minimum atomic E-state index is -1.75. The van der Waals surface area contributed by atoms with Gasteiger partial charge in [0.1, 0.15) is 17.0 Å². The standard InChI is InChI=1S/C30H28Cl2F2N4O3/c1-29(2,3)14-23-30(15-35,20-12-9-17(31)13-22(20)33)24(19-5-4-6-21(32)25(19)34)27(38-23)41-28(40)37-18-10-7-16(8-11-18)26(36)39/h4-13,23-24,27,38H,14H2,1-3H3,(H2,36,39)(H,37,40). The van der Waals surface area contributed by atoms with Gasteiger partial charge >= 0.3 is 6.09 Å². The summed E-state index contributed by atoms with van der Waals surface area (Å²) < 4.78 is 37.1. The van der Waals surface area contributed by atoms with Crippen molar-refractivity contribution in [2.75, 3.05) is 5.32 Å². The number of hydrogen-bond donors (Lipinski definition) is 3. The van der Waals surface area contributed by atoms with Crippen LogP contribution in [0.3, 0.4) is 0 Å². The van der Waals surface area contributed by atoms with Gasteiger partial charge in [0.2, 0.25) is 5.91 Å². The largest absolute Gasteiger partial charge is 0.429 e. The molecule has 0 saturated carbocycles. The van der Waals surface area contributed by atoms with E-state index >= 15 is 8.78 Å². The average Bonchev–Trinajstić information content (AvgIpc) is 3.17. The molecule has 41 heavy (non-hydrogen) atoms. The number of nitrogens with one attached hydrogen (secondary N) is 2. The van der Waals surface area contributed by atoms with Crippen LogP contribution in [0, 0.1) is 28.4 Å². The third-order valence-electron chi connectivity index (χ3n) is 7.05. The van der Waals surface area contributed by atoms with Gasteiger partial charge in [-0.1, -0.05) is 62.2 Å². The molecule has 3 aromatic rings. The summed E-state index contributed by atoms with van der Waals surface area (Å²) in [7, 11) is 0. The first-order valence-corrected chi connectivity index (χ1v) is 13.5. The molecule has 4 N–H and O–H groups in total. The molecule has 0 aliphatic carbocycles. The molecule has 2 amide bonds. The Morgan fingerprint density at radius 1 is 1.12 bits per heavy atom. The normalized spacial score (nSPS) is 22.1. The van der Waals surface area contributed by atoms with Gasteiger partial charge < -0.3 is 10.5 Å². The lowest BCUT2D eigenvalue weighted by Crippen LogP contribution is -2.44. The molecule has 1 heterocycles. The molecule has 0 aromatic heterocycles. The van der Waals surface area contributed by atoms with Crippen molar-refractivity contribution in [1.82, 2.24) is 5.32 Å². The van der Waals surface area contributed by atoms with Crippen LogP contribution in [0.4, 0.5) is 19.3 Å². The number of carbonyl (C=O) groups excluding carboxylic acids is 2. The molecule has 1 aliphatic heterocycles. The van der Waals surface area contributed by atoms with E-state index in [4.69, 9.17) is 33.7 Å². The Bertz CT molecular complexity index is 1520. The Hall–Kier alpha value is -3.71. The van der Waals surface area contributed by atoms with E-state index in [1.54, 1.807) is 0 Å². The van der Waals surface area contributed by atoms with Crippen molar-refractivity contribution in [1.29, 1.82) is 5.26 Å². The number of benzene rings is 3. The second-order valence-electron chi connectivity index (χ2n) is 11.1. The highest BCUT2D eigenvalue weighted by Gasteiger charge is 2.61. The van der Waals surface area contributed by atoms with Crippen molar-refractivity contribution in [2.24, 2.45) is 11.1 Å². The molecule has 4 atom stereocenters. The molecular weight excluding hydrogens is 573 g/mol. The predicted octanol–water partition coefficient (Wildman–Crippen LogP) is 6.90. The van der Waals surface area contributed by atoms with Gasteiger partial charge in [-0.05, 0) is 59.9 Å². The van der Waals surface area contributed by atoms with Gasteiger partial charge in [-0.15, -0.1) is 0 Å². The second-order valence-corrected chi connectivity index (χ2v) is 11.9. The summed E-state index contributed by atoms with van der Waals surface area (Å²) in [5.74, 6) is -3.43. The third-order valence-corrected chi connectivity index (χ3v) is 7.58. The average molecular weight is 601 g/mol. The molecule has 1 fully saturated rings. The number of hydrogen-bond acceptors (Lipinski definition) is 5. The highest BCUT2D eigenvalue weighted by Crippen LogP contribution is 2.53. The highest BCUT2D eigenvalue weighted by atomic mass is 35.5. The molecule has 4 unspecified atom stereocenters. The number of amides is 2. The minimum Gasteiger partial charge on any atom is -0.429 e. The Balaban J connectivity index is 1.84. The predicted molar refractivity (Wildman–Crippen MR) is 153 cm³/mol. The molecule has 0 bridgehead atoms. The first-order valence-electron chi connectivity index (χ1n) is 12.7. The summed E-state index contributed by atoms with van der Waals surface area (Å²) in [5, 5.41) is 16.5. The maximum Gasteiger partial charge on any atom is 0.413 e. The monoisotopic (exact) mass is 600 g/mol. The Morgan fingerprint density at radius 2 is 1.80 bits per heavy atom. The van der Waals surface area contributed by atoms with Crippen LogP contribution >= 0.6 is 23.2 Å². The Kier molecular flexibility index (Phi) is 8.59. The lowest BCUT2D eigenvalue weighted by atomic mass is 9.63. The zero-order chi connectivity index (χ0) is 30.1. The molecule has 7 nitrogen and oxygen atoms in total. The quantitative estimate of drug-likeness (QED) is 0.284. The van der Waals surface area contributed by atoms with Gasteiger partial charge in [-0.2, -0.15) is 5.26 Å². The van der Waals surface area contributed by atoms with E-state index in [0.717, 1.165) is 6.07 Å². The molecule has 214 valence electrons. The van der Waals surface area contributed by atoms with Crippen LogP contribution < -0.4 is 16.4 Å². The Morgan fingerprint density at radius 3 is 2.39 bits per heavy atom. The molecule has 0 radical (unpaired) electrons. The minimum absolute atomic E-state index is 0.0240. The van der Waals surface area contributed by atoms with Crippen LogP contribution in [-0.4, -0.2) is 24.3 Å². The number of ether oxygens (including phenoxy) is 1. The molecule has 1 saturated heterocycles. The third kappa shape index (κ3) is 6.15. The number of rotatable bonds is 6. The fraction of sp³-hybridized carbons (Fsp3) is 0.300. The van der Waals surface area contributed by atoms with Crippen molar-refractivity contribution in [3.63, 3.8) is 0 Å². The first-order chi connectivity index (χ1) is 19.3. The molecule has 1 aliphatic rings. The van der Waals surface area contributed by atoms with E-state index in [9.17, 15) is 14.9 Å². The summed E-state index contributed by atoms with van der Waals surface area (Å²) >= 11 is 12.2. The van der Waals surface area contributed by atoms with Gasteiger partial charge in [0, 0.05) is 27.9 Å². The van der Waals surface area contributed by atoms with E-state index in [1.807, 2.05) is 20.8 Å². The number of nitrogens with two attached hydrogens (primary N) is 1. The number of halogens is 4. The summed E-state index contributed by atoms with van der Waals surface area (Å²) in [6, 6.07) is 15.5. The fourth-order valence-corrected chi connectivity index (χ4v) is 5.69. The summed E-state index contributed by atoms with van der Waals surface area (Å²) in [6.45, 7) is 5.84. The van der Waals surface area contributed by atoms with E-state index in [1.165, 1.54) is 54.6 Å². The van der Waals surface area contributed by atoms with E-state index in [0.29, 0.717) is 12.1 Å². The Labute approximate surface area is 246 Å². The molecule has 4 rings (SSSR count). The van der Waals surface area contributed by atoms with Gasteiger partial charge in [0.25, 0.3) is 0 Å². The number of anilines is 1. The lowest BCUT2D eigenvalue weighted by Gasteiger charge is -2.37. The van der Waals surface area contributed by atoms with Crippen molar-refractivity contribution in [3.05, 3.63) is 99.0 Å². The molecule has 3 aromatic carbocycles. The summed E-state index contributed by atoms with van der Waals surface area (Å²) in [4.78, 5) is 24.5. The number of carbonyl (C=O) groups is 2. The number of nitrogens with zero attached hydrogens (tertiary/aromatic N) is 1. The zero-order valence-electron chi connectivity index (χ0n) is 22.5. The zero-order valence-corrected chi connectivity index (χ0v) is 24.0. The lowest BCUT2D eigenvalue weighted by molar-refractivity contribution is 0.0851. The van der Waals surface area contributed by atoms with Gasteiger partial charge in [0.05, 0.1) is 17.0 Å². The van der Waals surface area contributed by atoms with Gasteiger partial charge in [0.15, 0.2) is 6.23 Å². The summed E-state index contributed by atoms with van der Waals surface area (Å²) in [6.07, 6.45) is -1.88. The number of primary amides is 1. The highest BCUT2D eigenvalue weighted by molar-refractivity contribution is 6.31. The smallest absolute Gasteiger partial charge is 0.413 e. The van der Waals surface area contributed by atoms with Gasteiger partial charge in [-0.3, -0.25) is 15.4 Å². The molecule has 11 heteroatoms. The van der Waals surface area contributed by atoms with Crippen LogP contribution in [0.5, 0.6) is 0 Å². The fourth-order valence-electron chi connectivity index (χ4n) is 5.35. The maximum absolute atomic E-state index is 15.7. The van der Waals surface area contributed by atoms with Crippen LogP contribution in [0.1, 0.15) is 54.6 Å². The van der Waals surface area contributed by atoms with Crippen LogP contribution in [0.2, 0.25) is 10.0 Å². The second kappa shape index (κ2) is 11.6. The van der Waals surface area contributed by atoms with Crippen LogP contribution in [0.15, 0.2) is 60.7 Å². The van der Waals surface area contributed by atoms with Crippen molar-refractivity contribution >= 4 is 40.9 Å². The molecular formula is C30H28Cl2F2N4O3. The van der Waals surface area contributed by atoms with E-state index in [2.05, 4.69) is 16.7 Å². The van der Waals surface area contributed by atoms with E-state index < -0.39 is 47.2 Å². The van der Waals surface area contributed by atoms with Crippen molar-refractivity contribution in [2.45, 2.75) is 50.8 Å². The number of nitriles is 1. The SMILES string of the molecule is CC(C)(C)CC1NC(OC(=O)Nc2ccc(C(N)=O)cc2)C(c2cccc(Cl)c2F)C1(C#N)c1ccc(Cl)cc1F. The van der Waals surface area contributed by atoms with Crippen molar-refractivity contribution < 1.29 is 23.1 Å². The maximum atomic E-state index is 15.7. The van der Waals surface area contributed by atoms with Crippen molar-refractivity contribution in [3.8, 4) is 6.07 Å². The van der Waals surface area contributed by atoms with E-state index in [-0.39, 0.29) is 32.2 Å². The van der Waals surface area contributed by atoms with Crippen LogP contribution in [0.25, 0.3) is 0 Å².